The highest BCUT2D eigenvalue weighted by Crippen LogP contribution is 2.28. The van der Waals surface area contributed by atoms with E-state index < -0.39 is 46.4 Å². The predicted molar refractivity (Wildman–Crippen MR) is 216 cm³/mol. The molecule has 2 unspecified atom stereocenters. The third-order valence-electron chi connectivity index (χ3n) is 8.45. The van der Waals surface area contributed by atoms with Crippen molar-refractivity contribution >= 4 is 27.8 Å². The van der Waals surface area contributed by atoms with Crippen LogP contribution in [0.3, 0.4) is 0 Å². The van der Waals surface area contributed by atoms with E-state index in [1.807, 2.05) is 48.5 Å². The number of hydrogen-bond donors (Lipinski definition) is 4. The maximum absolute atomic E-state index is 12.9. The molecule has 0 spiro atoms. The Hall–Kier alpha value is -4.00. The van der Waals surface area contributed by atoms with Gasteiger partial charge in [0.15, 0.2) is 0 Å². The summed E-state index contributed by atoms with van der Waals surface area (Å²) in [5.41, 5.74) is 3.37. The summed E-state index contributed by atoms with van der Waals surface area (Å²) in [6, 6.07) is 13.6. The Balaban J connectivity index is 1.18. The molecule has 2 atom stereocenters. The molecule has 59 heavy (non-hydrogen) atoms. The second kappa shape index (κ2) is 30.1. The molecule has 18 heteroatoms. The molecule has 17 nitrogen and oxygen atoms in total. The van der Waals surface area contributed by atoms with Gasteiger partial charge in [-0.25, -0.2) is 0 Å². The van der Waals surface area contributed by atoms with Crippen molar-refractivity contribution in [2.45, 2.75) is 37.8 Å². The summed E-state index contributed by atoms with van der Waals surface area (Å²) < 4.78 is 76.3. The molecule has 0 aromatic heterocycles. The van der Waals surface area contributed by atoms with Crippen LogP contribution in [0.5, 0.6) is 0 Å². The number of benzene rings is 2. The Morgan fingerprint density at radius 3 is 1.85 bits per heavy atom. The van der Waals surface area contributed by atoms with E-state index in [1.54, 1.807) is 7.11 Å². The van der Waals surface area contributed by atoms with Crippen molar-refractivity contribution in [3.63, 3.8) is 0 Å². The van der Waals surface area contributed by atoms with Crippen molar-refractivity contribution < 1.29 is 65.2 Å². The van der Waals surface area contributed by atoms with Crippen molar-refractivity contribution in [3.05, 3.63) is 70.8 Å². The van der Waals surface area contributed by atoms with Crippen molar-refractivity contribution in [3.8, 4) is 11.8 Å². The van der Waals surface area contributed by atoms with Crippen molar-refractivity contribution in [2.75, 3.05) is 118 Å². The van der Waals surface area contributed by atoms with Crippen LogP contribution < -0.4 is 16.0 Å². The molecule has 0 fully saturated rings. The molecule has 3 rings (SSSR count). The quantitative estimate of drug-likeness (QED) is 0.0452. The van der Waals surface area contributed by atoms with Crippen LogP contribution >= 0.6 is 0 Å². The summed E-state index contributed by atoms with van der Waals surface area (Å²) in [5.74, 6) is 3.75. The van der Waals surface area contributed by atoms with E-state index in [9.17, 15) is 27.4 Å². The number of ether oxygens (including phenoxy) is 8. The second-order valence-electron chi connectivity index (χ2n) is 13.1. The molecule has 3 amide bonds. The van der Waals surface area contributed by atoms with Gasteiger partial charge in [0.25, 0.3) is 10.1 Å². The standard InChI is InChI=1S/C41H59N3O14S/c1-51-20-21-55-28-29-57-27-24-54-19-14-39(45)42-15-6-17-52-22-25-56-26-23-53-18-7-16-43-41(47)37(32-59(48,49)50)44-40(46)31-58-38-30-35-10-3-2-8-33(35)12-13-34-9-4-5-11-36(34)38/h2-5,8-11,37-38H,6-7,14-32H2,1H3,(H,42,45)(H,43,47)(H,44,46)(H,48,49,50). The highest BCUT2D eigenvalue weighted by atomic mass is 32.2. The van der Waals surface area contributed by atoms with Gasteiger partial charge in [-0.15, -0.1) is 0 Å². The summed E-state index contributed by atoms with van der Waals surface area (Å²) in [7, 11) is -2.99. The molecule has 4 N–H and O–H groups in total. The molecule has 328 valence electrons. The van der Waals surface area contributed by atoms with Crippen LogP contribution in [0, 0.1) is 11.8 Å². The van der Waals surface area contributed by atoms with Gasteiger partial charge in [-0.1, -0.05) is 48.2 Å². The Bertz CT molecular complexity index is 1700. The molecule has 1 aliphatic rings. The lowest BCUT2D eigenvalue weighted by atomic mass is 9.92. The summed E-state index contributed by atoms with van der Waals surface area (Å²) in [4.78, 5) is 37.7. The third-order valence-corrected chi connectivity index (χ3v) is 9.21. The number of hydrogen-bond acceptors (Lipinski definition) is 13. The first-order chi connectivity index (χ1) is 28.7. The number of methoxy groups -OCH3 is 1. The first kappa shape index (κ1) is 49.4. The first-order valence-corrected chi connectivity index (χ1v) is 21.3. The zero-order chi connectivity index (χ0) is 42.4. The summed E-state index contributed by atoms with van der Waals surface area (Å²) in [5, 5.41) is 7.77. The Morgan fingerprint density at radius 1 is 0.695 bits per heavy atom. The van der Waals surface area contributed by atoms with Gasteiger partial charge in [0, 0.05) is 57.4 Å². The zero-order valence-corrected chi connectivity index (χ0v) is 34.6. The van der Waals surface area contributed by atoms with Gasteiger partial charge in [0.05, 0.1) is 78.8 Å². The highest BCUT2D eigenvalue weighted by molar-refractivity contribution is 7.85. The Labute approximate surface area is 347 Å². The number of fused-ring (bicyclic) bond motifs is 2. The summed E-state index contributed by atoms with van der Waals surface area (Å²) in [6.07, 6.45) is 1.24. The van der Waals surface area contributed by atoms with Gasteiger partial charge in [0.1, 0.15) is 18.4 Å². The number of nitrogens with one attached hydrogen (secondary N) is 3. The summed E-state index contributed by atoms with van der Waals surface area (Å²) in [6.45, 7) is 5.55. The van der Waals surface area contributed by atoms with Crippen molar-refractivity contribution in [1.82, 2.24) is 16.0 Å². The summed E-state index contributed by atoms with van der Waals surface area (Å²) >= 11 is 0. The molecular formula is C41H59N3O14S. The normalized spacial score (nSPS) is 13.8. The van der Waals surface area contributed by atoms with Gasteiger partial charge in [-0.05, 0) is 36.1 Å². The van der Waals surface area contributed by atoms with Crippen LogP contribution in [-0.4, -0.2) is 155 Å². The van der Waals surface area contributed by atoms with Crippen molar-refractivity contribution in [2.24, 2.45) is 0 Å². The van der Waals surface area contributed by atoms with Crippen LogP contribution in [0.25, 0.3) is 0 Å². The lowest BCUT2D eigenvalue weighted by Crippen LogP contribution is -2.51. The molecule has 0 saturated heterocycles. The third kappa shape index (κ3) is 22.8. The van der Waals surface area contributed by atoms with Gasteiger partial charge < -0.3 is 53.8 Å². The zero-order valence-electron chi connectivity index (χ0n) is 33.8. The van der Waals surface area contributed by atoms with E-state index in [0.29, 0.717) is 105 Å². The fourth-order valence-corrected chi connectivity index (χ4v) is 6.16. The number of carbonyl (C=O) groups excluding carboxylic acids is 3. The molecule has 1 aliphatic carbocycles. The molecule has 0 heterocycles. The number of rotatable bonds is 33. The van der Waals surface area contributed by atoms with E-state index in [0.717, 1.165) is 22.3 Å². The van der Waals surface area contributed by atoms with Crippen LogP contribution in [0.4, 0.5) is 0 Å². The monoisotopic (exact) mass is 849 g/mol. The average Bonchev–Trinajstić information content (AvgIpc) is 3.21. The van der Waals surface area contributed by atoms with Gasteiger partial charge in [-0.3, -0.25) is 18.9 Å². The Morgan fingerprint density at radius 2 is 1.22 bits per heavy atom. The topological polar surface area (TPSA) is 216 Å². The molecule has 2 aromatic rings. The van der Waals surface area contributed by atoms with E-state index in [1.165, 1.54) is 0 Å². The number of amides is 3. The van der Waals surface area contributed by atoms with E-state index in [-0.39, 0.29) is 25.5 Å². The smallest absolute Gasteiger partial charge is 0.267 e. The van der Waals surface area contributed by atoms with Gasteiger partial charge in [0.2, 0.25) is 17.7 Å². The fraction of sp³-hybridized carbons (Fsp3) is 0.585. The minimum atomic E-state index is -4.61. The van der Waals surface area contributed by atoms with Gasteiger partial charge in [-0.2, -0.15) is 8.42 Å². The van der Waals surface area contributed by atoms with E-state index in [2.05, 4.69) is 27.8 Å². The molecular weight excluding hydrogens is 791 g/mol. The van der Waals surface area contributed by atoms with E-state index >= 15 is 0 Å². The molecule has 0 radical (unpaired) electrons. The molecule has 2 aromatic carbocycles. The van der Waals surface area contributed by atoms with Crippen LogP contribution in [0.1, 0.15) is 47.6 Å². The van der Waals surface area contributed by atoms with E-state index in [4.69, 9.17) is 37.9 Å². The molecule has 0 aliphatic heterocycles. The largest absolute Gasteiger partial charge is 0.382 e. The number of carbonyl (C=O) groups is 3. The minimum absolute atomic E-state index is 0.0917. The lowest BCUT2D eigenvalue weighted by molar-refractivity contribution is -0.132. The average molecular weight is 850 g/mol. The molecule has 0 bridgehead atoms. The minimum Gasteiger partial charge on any atom is -0.382 e. The molecule has 0 saturated carbocycles. The first-order valence-electron chi connectivity index (χ1n) is 19.7. The fourth-order valence-electron chi connectivity index (χ4n) is 5.50. The lowest BCUT2D eigenvalue weighted by Gasteiger charge is -2.23. The maximum Gasteiger partial charge on any atom is 0.267 e. The van der Waals surface area contributed by atoms with Crippen LogP contribution in [0.15, 0.2) is 48.5 Å². The second-order valence-corrected chi connectivity index (χ2v) is 14.6. The highest BCUT2D eigenvalue weighted by Gasteiger charge is 2.27. The van der Waals surface area contributed by atoms with Crippen molar-refractivity contribution in [1.29, 1.82) is 0 Å². The van der Waals surface area contributed by atoms with Crippen LogP contribution in [0.2, 0.25) is 0 Å². The van der Waals surface area contributed by atoms with Gasteiger partial charge >= 0.3 is 0 Å². The Kier molecular flexibility index (Phi) is 25.2. The SMILES string of the molecule is COCCOCCOCCOCCC(=O)NCCCOCCOCCOCCCNC(=O)C(CS(=O)(=O)O)NC(=O)COC1Cc2ccccc2C#Cc2ccccc21. The maximum atomic E-state index is 12.9. The van der Waals surface area contributed by atoms with Crippen LogP contribution in [-0.2, 0) is 68.8 Å². The predicted octanol–water partition coefficient (Wildman–Crippen LogP) is 1.22.